The Kier molecular flexibility index (Phi) is 5.09. The van der Waals surface area contributed by atoms with Crippen LogP contribution in [-0.2, 0) is 10.0 Å². The van der Waals surface area contributed by atoms with Crippen LogP contribution in [0.3, 0.4) is 0 Å². The topological polar surface area (TPSA) is 71.1 Å². The quantitative estimate of drug-likeness (QED) is 0.819. The Morgan fingerprint density at radius 3 is 2.80 bits per heavy atom. The Morgan fingerprint density at radius 1 is 1.35 bits per heavy atom. The SMILES string of the molecule is CCNS(=O)(=O)CCNC(C)c1nc2ccccc2s1. The molecule has 0 fully saturated rings. The van der Waals surface area contributed by atoms with Crippen LogP contribution in [-0.4, -0.2) is 32.2 Å². The van der Waals surface area contributed by atoms with Gasteiger partial charge in [0.15, 0.2) is 0 Å². The van der Waals surface area contributed by atoms with E-state index in [2.05, 4.69) is 15.0 Å². The highest BCUT2D eigenvalue weighted by Crippen LogP contribution is 2.25. The average molecular weight is 313 g/mol. The van der Waals surface area contributed by atoms with Crippen LogP contribution in [0.4, 0.5) is 0 Å². The maximum atomic E-state index is 11.5. The van der Waals surface area contributed by atoms with E-state index in [4.69, 9.17) is 0 Å². The van der Waals surface area contributed by atoms with Gasteiger partial charge in [0, 0.05) is 13.1 Å². The first kappa shape index (κ1) is 15.4. The third kappa shape index (κ3) is 3.99. The van der Waals surface area contributed by atoms with Gasteiger partial charge >= 0.3 is 0 Å². The average Bonchev–Trinajstić information content (AvgIpc) is 2.82. The molecule has 0 aliphatic carbocycles. The van der Waals surface area contributed by atoms with Crippen molar-refractivity contribution in [1.82, 2.24) is 15.0 Å². The molecule has 7 heteroatoms. The van der Waals surface area contributed by atoms with Crippen molar-refractivity contribution in [2.45, 2.75) is 19.9 Å². The van der Waals surface area contributed by atoms with Crippen molar-refractivity contribution in [3.63, 3.8) is 0 Å². The van der Waals surface area contributed by atoms with E-state index in [-0.39, 0.29) is 11.8 Å². The van der Waals surface area contributed by atoms with E-state index in [1.807, 2.05) is 31.2 Å². The highest BCUT2D eigenvalue weighted by atomic mass is 32.2. The molecule has 1 aromatic heterocycles. The van der Waals surface area contributed by atoms with Gasteiger partial charge in [-0.05, 0) is 19.1 Å². The van der Waals surface area contributed by atoms with Crippen molar-refractivity contribution in [3.05, 3.63) is 29.3 Å². The Hall–Kier alpha value is -1.02. The summed E-state index contributed by atoms with van der Waals surface area (Å²) < 4.78 is 26.7. The van der Waals surface area contributed by atoms with Gasteiger partial charge in [0.2, 0.25) is 10.0 Å². The molecule has 0 spiro atoms. The standard InChI is InChI=1S/C13H19N3O2S2/c1-3-15-20(17,18)9-8-14-10(2)13-16-11-6-4-5-7-12(11)19-13/h4-7,10,14-15H,3,8-9H2,1-2H3. The van der Waals surface area contributed by atoms with Gasteiger partial charge in [0.05, 0.1) is 22.0 Å². The molecule has 2 aromatic rings. The van der Waals surface area contributed by atoms with Gasteiger partial charge in [0.25, 0.3) is 0 Å². The molecule has 0 radical (unpaired) electrons. The zero-order valence-electron chi connectivity index (χ0n) is 11.6. The largest absolute Gasteiger partial charge is 0.307 e. The molecule has 1 heterocycles. The Bertz CT molecular complexity index is 634. The summed E-state index contributed by atoms with van der Waals surface area (Å²) >= 11 is 1.63. The van der Waals surface area contributed by atoms with E-state index in [0.29, 0.717) is 13.1 Å². The molecule has 2 rings (SSSR count). The molecule has 20 heavy (non-hydrogen) atoms. The fourth-order valence-electron chi connectivity index (χ4n) is 1.86. The van der Waals surface area contributed by atoms with Crippen molar-refractivity contribution < 1.29 is 8.42 Å². The lowest BCUT2D eigenvalue weighted by molar-refractivity contribution is 0.563. The van der Waals surface area contributed by atoms with Crippen LogP contribution in [0.1, 0.15) is 24.9 Å². The van der Waals surface area contributed by atoms with E-state index in [9.17, 15) is 8.42 Å². The van der Waals surface area contributed by atoms with Crippen molar-refractivity contribution in [3.8, 4) is 0 Å². The summed E-state index contributed by atoms with van der Waals surface area (Å²) in [6.45, 7) is 4.61. The van der Waals surface area contributed by atoms with E-state index < -0.39 is 10.0 Å². The lowest BCUT2D eigenvalue weighted by Gasteiger charge is -2.11. The summed E-state index contributed by atoms with van der Waals surface area (Å²) in [6.07, 6.45) is 0. The van der Waals surface area contributed by atoms with Gasteiger partial charge in [-0.2, -0.15) is 0 Å². The first-order chi connectivity index (χ1) is 9.52. The van der Waals surface area contributed by atoms with E-state index in [0.717, 1.165) is 15.2 Å². The van der Waals surface area contributed by atoms with Crippen LogP contribution in [0.25, 0.3) is 10.2 Å². The minimum Gasteiger partial charge on any atom is -0.307 e. The summed E-state index contributed by atoms with van der Waals surface area (Å²) in [5.74, 6) is 0.0794. The minimum atomic E-state index is -3.16. The molecule has 0 saturated carbocycles. The molecular formula is C13H19N3O2S2. The fraction of sp³-hybridized carbons (Fsp3) is 0.462. The number of rotatable bonds is 7. The number of nitrogens with one attached hydrogen (secondary N) is 2. The molecule has 2 N–H and O–H groups in total. The molecule has 0 bridgehead atoms. The molecule has 0 saturated heterocycles. The van der Waals surface area contributed by atoms with Crippen LogP contribution >= 0.6 is 11.3 Å². The van der Waals surface area contributed by atoms with Gasteiger partial charge in [-0.25, -0.2) is 18.1 Å². The predicted molar refractivity (Wildman–Crippen MR) is 83.5 cm³/mol. The van der Waals surface area contributed by atoms with Crippen molar-refractivity contribution in [2.24, 2.45) is 0 Å². The number of hydrogen-bond acceptors (Lipinski definition) is 5. The molecule has 0 aliphatic heterocycles. The maximum Gasteiger partial charge on any atom is 0.212 e. The molecule has 0 aliphatic rings. The zero-order chi connectivity index (χ0) is 14.6. The second-order valence-electron chi connectivity index (χ2n) is 4.51. The number of fused-ring (bicyclic) bond motifs is 1. The fourth-order valence-corrected chi connectivity index (χ4v) is 3.83. The molecular weight excluding hydrogens is 294 g/mol. The van der Waals surface area contributed by atoms with E-state index >= 15 is 0 Å². The second-order valence-corrected chi connectivity index (χ2v) is 7.50. The van der Waals surface area contributed by atoms with Crippen molar-refractivity contribution in [2.75, 3.05) is 18.8 Å². The van der Waals surface area contributed by atoms with Crippen LogP contribution in [0.5, 0.6) is 0 Å². The summed E-state index contributed by atoms with van der Waals surface area (Å²) in [7, 11) is -3.16. The van der Waals surface area contributed by atoms with Crippen molar-refractivity contribution >= 4 is 31.6 Å². The number of thiazole rings is 1. The summed E-state index contributed by atoms with van der Waals surface area (Å²) in [5.41, 5.74) is 0.987. The third-order valence-corrected chi connectivity index (χ3v) is 5.56. The van der Waals surface area contributed by atoms with Gasteiger partial charge in [-0.3, -0.25) is 0 Å². The minimum absolute atomic E-state index is 0.0456. The third-order valence-electron chi connectivity index (χ3n) is 2.87. The van der Waals surface area contributed by atoms with Crippen molar-refractivity contribution in [1.29, 1.82) is 0 Å². The number of aromatic nitrogens is 1. The Balaban J connectivity index is 1.93. The molecule has 1 aromatic carbocycles. The second kappa shape index (κ2) is 6.62. The Morgan fingerprint density at radius 2 is 2.10 bits per heavy atom. The van der Waals surface area contributed by atoms with Crippen LogP contribution < -0.4 is 10.0 Å². The number of benzene rings is 1. The monoisotopic (exact) mass is 313 g/mol. The van der Waals surface area contributed by atoms with E-state index in [1.54, 1.807) is 18.3 Å². The Labute approximate surface area is 123 Å². The summed E-state index contributed by atoms with van der Waals surface area (Å²) in [5, 5.41) is 4.18. The van der Waals surface area contributed by atoms with Crippen LogP contribution in [0, 0.1) is 0 Å². The van der Waals surface area contributed by atoms with Gasteiger partial charge in [-0.1, -0.05) is 19.1 Å². The first-order valence-corrected chi connectivity index (χ1v) is 9.05. The number of nitrogens with zero attached hydrogens (tertiary/aromatic N) is 1. The highest BCUT2D eigenvalue weighted by molar-refractivity contribution is 7.89. The lowest BCUT2D eigenvalue weighted by Crippen LogP contribution is -2.32. The van der Waals surface area contributed by atoms with Gasteiger partial charge < -0.3 is 5.32 Å². The number of para-hydroxylation sites is 1. The molecule has 1 unspecified atom stereocenters. The summed E-state index contributed by atoms with van der Waals surface area (Å²) in [6, 6.07) is 8.03. The van der Waals surface area contributed by atoms with E-state index in [1.165, 1.54) is 0 Å². The number of sulfonamides is 1. The summed E-state index contributed by atoms with van der Waals surface area (Å²) in [4.78, 5) is 4.56. The predicted octanol–water partition coefficient (Wildman–Crippen LogP) is 1.89. The zero-order valence-corrected chi connectivity index (χ0v) is 13.2. The smallest absolute Gasteiger partial charge is 0.212 e. The van der Waals surface area contributed by atoms with Gasteiger partial charge in [0.1, 0.15) is 5.01 Å². The lowest BCUT2D eigenvalue weighted by atomic mass is 10.3. The number of hydrogen-bond donors (Lipinski definition) is 2. The first-order valence-electron chi connectivity index (χ1n) is 6.58. The normalized spacial score (nSPS) is 13.7. The molecule has 1 atom stereocenters. The van der Waals surface area contributed by atoms with Crippen LogP contribution in [0.15, 0.2) is 24.3 Å². The van der Waals surface area contributed by atoms with Gasteiger partial charge in [-0.15, -0.1) is 11.3 Å². The molecule has 5 nitrogen and oxygen atoms in total. The van der Waals surface area contributed by atoms with Crippen LogP contribution in [0.2, 0.25) is 0 Å². The molecule has 0 amide bonds. The molecule has 110 valence electrons. The highest BCUT2D eigenvalue weighted by Gasteiger charge is 2.13. The maximum absolute atomic E-state index is 11.5.